The highest BCUT2D eigenvalue weighted by Gasteiger charge is 2.02. The third kappa shape index (κ3) is 3.47. The van der Waals surface area contributed by atoms with Crippen molar-refractivity contribution in [1.82, 2.24) is 0 Å². The minimum Gasteiger partial charge on any atom is -0.0616 e. The molecule has 0 N–H and O–H groups in total. The van der Waals surface area contributed by atoms with Crippen molar-refractivity contribution in [2.75, 3.05) is 0 Å². The van der Waals surface area contributed by atoms with E-state index in [1.165, 1.54) is 46.7 Å². The van der Waals surface area contributed by atoms with Crippen LogP contribution in [0.25, 0.3) is 43.1 Å². The smallest absolute Gasteiger partial charge is 0.0215 e. The number of halogens is 1. The van der Waals surface area contributed by atoms with Crippen LogP contribution >= 0.6 is 22.6 Å². The molecule has 0 fully saturated rings. The van der Waals surface area contributed by atoms with Gasteiger partial charge in [-0.3, -0.25) is 0 Å². The minimum atomic E-state index is 1.31. The highest BCUT2D eigenvalue weighted by molar-refractivity contribution is 14.1. The Labute approximate surface area is 183 Å². The van der Waals surface area contributed by atoms with Crippen LogP contribution in [0.5, 0.6) is 0 Å². The maximum atomic E-state index is 2.41. The zero-order valence-corrected chi connectivity index (χ0v) is 18.0. The van der Waals surface area contributed by atoms with Crippen molar-refractivity contribution in [2.45, 2.75) is 0 Å². The molecule has 0 amide bonds. The minimum absolute atomic E-state index is 1.31. The monoisotopic (exact) mass is 482 g/mol. The molecule has 0 atom stereocenters. The Morgan fingerprint density at radius 2 is 0.724 bits per heavy atom. The third-order valence-corrected chi connectivity index (χ3v) is 6.26. The molecule has 1 heteroatoms. The van der Waals surface area contributed by atoms with E-state index in [0.29, 0.717) is 0 Å². The Hall–Kier alpha value is -2.91. The van der Waals surface area contributed by atoms with Crippen molar-refractivity contribution in [3.8, 4) is 0 Å². The van der Waals surface area contributed by atoms with Crippen molar-refractivity contribution in [2.24, 2.45) is 0 Å². The zero-order valence-electron chi connectivity index (χ0n) is 15.8. The Balaban J connectivity index is 0.000000125. The average molecular weight is 482 g/mol. The van der Waals surface area contributed by atoms with Crippen LogP contribution in [0.4, 0.5) is 0 Å². The second kappa shape index (κ2) is 7.84. The summed E-state index contributed by atoms with van der Waals surface area (Å²) >= 11 is 2.41. The number of hydrogen-bond donors (Lipinski definition) is 0. The first-order chi connectivity index (χ1) is 14.3. The topological polar surface area (TPSA) is 0 Å². The van der Waals surface area contributed by atoms with E-state index in [0.717, 1.165) is 0 Å². The van der Waals surface area contributed by atoms with Crippen LogP contribution in [0.2, 0.25) is 0 Å². The van der Waals surface area contributed by atoms with Gasteiger partial charge in [0, 0.05) is 3.57 Å². The van der Waals surface area contributed by atoms with E-state index in [4.69, 9.17) is 0 Å². The van der Waals surface area contributed by atoms with Crippen LogP contribution in [0.1, 0.15) is 0 Å². The summed E-state index contributed by atoms with van der Waals surface area (Å²) < 4.78 is 1.32. The Morgan fingerprint density at radius 3 is 1.28 bits per heavy atom. The lowest BCUT2D eigenvalue weighted by molar-refractivity contribution is 1.73. The summed E-state index contributed by atoms with van der Waals surface area (Å²) in [7, 11) is 0. The quantitative estimate of drug-likeness (QED) is 0.150. The standard InChI is InChI=1S/C14H9I.C14H10/c15-14-9-10-5-1-2-6-11(10)12-7-3-4-8-13(12)14;1-3-7-13-11(5-1)9-10-12-6-2-4-8-14(12)13/h1-9H;1-10H. The number of benzene rings is 6. The molecule has 0 radical (unpaired) electrons. The molecule has 0 saturated carbocycles. The summed E-state index contributed by atoms with van der Waals surface area (Å²) in [5, 5.41) is 10.7. The largest absolute Gasteiger partial charge is 0.0616 e. The molecule has 6 aromatic carbocycles. The molecule has 0 nitrogen and oxygen atoms in total. The predicted octanol–water partition coefficient (Wildman–Crippen LogP) is 8.59. The summed E-state index contributed by atoms with van der Waals surface area (Å²) in [6, 6.07) is 40.7. The van der Waals surface area contributed by atoms with Gasteiger partial charge in [-0.25, -0.2) is 0 Å². The Bertz CT molecular complexity index is 1410. The van der Waals surface area contributed by atoms with E-state index < -0.39 is 0 Å². The van der Waals surface area contributed by atoms with Crippen LogP contribution in [-0.4, -0.2) is 0 Å². The van der Waals surface area contributed by atoms with Crippen molar-refractivity contribution >= 4 is 65.7 Å². The van der Waals surface area contributed by atoms with Crippen molar-refractivity contribution in [1.29, 1.82) is 0 Å². The van der Waals surface area contributed by atoms with Gasteiger partial charge in [0.05, 0.1) is 0 Å². The van der Waals surface area contributed by atoms with Crippen LogP contribution in [0.15, 0.2) is 115 Å². The summed E-state index contributed by atoms with van der Waals surface area (Å²) in [6.07, 6.45) is 0. The fourth-order valence-corrected chi connectivity index (χ4v) is 4.77. The fourth-order valence-electron chi connectivity index (χ4n) is 3.96. The molecule has 0 spiro atoms. The Morgan fingerprint density at radius 1 is 0.345 bits per heavy atom. The molecule has 0 bridgehead atoms. The molecular weight excluding hydrogens is 463 g/mol. The maximum absolute atomic E-state index is 2.41. The van der Waals surface area contributed by atoms with Gasteiger partial charge in [-0.05, 0) is 71.7 Å². The van der Waals surface area contributed by atoms with Crippen LogP contribution in [0, 0.1) is 3.57 Å². The lowest BCUT2D eigenvalue weighted by atomic mass is 10.0. The van der Waals surface area contributed by atoms with Gasteiger partial charge in [0.25, 0.3) is 0 Å². The van der Waals surface area contributed by atoms with E-state index >= 15 is 0 Å². The number of rotatable bonds is 0. The molecule has 0 aromatic heterocycles. The highest BCUT2D eigenvalue weighted by atomic mass is 127. The van der Waals surface area contributed by atoms with Crippen molar-refractivity contribution in [3.63, 3.8) is 0 Å². The third-order valence-electron chi connectivity index (χ3n) is 5.37. The van der Waals surface area contributed by atoms with E-state index in [2.05, 4.69) is 138 Å². The van der Waals surface area contributed by atoms with E-state index in [1.54, 1.807) is 0 Å². The lowest BCUT2D eigenvalue weighted by Crippen LogP contribution is -1.80. The molecule has 0 saturated heterocycles. The SMILES string of the molecule is Ic1cc2ccccc2c2ccccc12.c1ccc2c(c1)ccc1ccccc12. The molecule has 0 aliphatic heterocycles. The molecule has 6 aromatic rings. The lowest BCUT2D eigenvalue weighted by Gasteiger charge is -2.05. The van der Waals surface area contributed by atoms with E-state index in [-0.39, 0.29) is 0 Å². The second-order valence-corrected chi connectivity index (χ2v) is 8.30. The maximum Gasteiger partial charge on any atom is 0.0215 e. The van der Waals surface area contributed by atoms with Crippen LogP contribution < -0.4 is 0 Å². The highest BCUT2D eigenvalue weighted by Crippen LogP contribution is 2.29. The fraction of sp³-hybridized carbons (Fsp3) is 0. The number of hydrogen-bond acceptors (Lipinski definition) is 0. The first kappa shape index (κ1) is 18.1. The van der Waals surface area contributed by atoms with Gasteiger partial charge in [-0.2, -0.15) is 0 Å². The van der Waals surface area contributed by atoms with Crippen LogP contribution in [-0.2, 0) is 0 Å². The first-order valence-corrected chi connectivity index (χ1v) is 10.8. The van der Waals surface area contributed by atoms with Crippen molar-refractivity contribution < 1.29 is 0 Å². The van der Waals surface area contributed by atoms with Gasteiger partial charge in [0.15, 0.2) is 0 Å². The van der Waals surface area contributed by atoms with Gasteiger partial charge in [0.2, 0.25) is 0 Å². The average Bonchev–Trinajstić information content (AvgIpc) is 2.80. The second-order valence-electron chi connectivity index (χ2n) is 7.13. The van der Waals surface area contributed by atoms with Crippen molar-refractivity contribution in [3.05, 3.63) is 119 Å². The summed E-state index contributed by atoms with van der Waals surface area (Å²) in [5.74, 6) is 0. The molecule has 6 rings (SSSR count). The summed E-state index contributed by atoms with van der Waals surface area (Å²) in [5.41, 5.74) is 0. The van der Waals surface area contributed by atoms with Gasteiger partial charge in [-0.1, -0.05) is 109 Å². The molecule has 29 heavy (non-hydrogen) atoms. The first-order valence-electron chi connectivity index (χ1n) is 9.74. The Kier molecular flexibility index (Phi) is 4.91. The molecule has 0 aliphatic rings. The normalized spacial score (nSPS) is 10.9. The predicted molar refractivity (Wildman–Crippen MR) is 136 cm³/mol. The summed E-state index contributed by atoms with van der Waals surface area (Å²) in [6.45, 7) is 0. The molecule has 0 aliphatic carbocycles. The number of fused-ring (bicyclic) bond motifs is 6. The molecular formula is C28H19I. The van der Waals surface area contributed by atoms with E-state index in [1.807, 2.05) is 0 Å². The van der Waals surface area contributed by atoms with Gasteiger partial charge >= 0.3 is 0 Å². The summed E-state index contributed by atoms with van der Waals surface area (Å²) in [4.78, 5) is 0. The zero-order chi connectivity index (χ0) is 19.6. The molecule has 0 heterocycles. The van der Waals surface area contributed by atoms with Crippen LogP contribution in [0.3, 0.4) is 0 Å². The molecule has 0 unspecified atom stereocenters. The molecule has 138 valence electrons. The van der Waals surface area contributed by atoms with E-state index in [9.17, 15) is 0 Å². The van der Waals surface area contributed by atoms with Gasteiger partial charge in [-0.15, -0.1) is 0 Å². The van der Waals surface area contributed by atoms with Gasteiger partial charge < -0.3 is 0 Å². The van der Waals surface area contributed by atoms with Gasteiger partial charge in [0.1, 0.15) is 0 Å².